The SMILES string of the molecule is CCC(CC)(C(=O)Cc1c(F)cccc1F)N1CCCC1. The maximum atomic E-state index is 13.8. The van der Waals surface area contributed by atoms with E-state index in [0.717, 1.165) is 25.9 Å². The molecule has 0 aromatic heterocycles. The van der Waals surface area contributed by atoms with Crippen LogP contribution in [0.3, 0.4) is 0 Å². The molecule has 1 aromatic rings. The third-order valence-corrected chi connectivity index (χ3v) is 4.80. The van der Waals surface area contributed by atoms with Gasteiger partial charge in [-0.25, -0.2) is 8.78 Å². The molecule has 1 saturated heterocycles. The van der Waals surface area contributed by atoms with Gasteiger partial charge in [0.2, 0.25) is 0 Å². The lowest BCUT2D eigenvalue weighted by Crippen LogP contribution is -2.53. The van der Waals surface area contributed by atoms with Crippen molar-refractivity contribution in [2.24, 2.45) is 0 Å². The van der Waals surface area contributed by atoms with Crippen LogP contribution in [0.5, 0.6) is 0 Å². The second-order valence-corrected chi connectivity index (χ2v) is 5.73. The first-order chi connectivity index (χ1) is 10.0. The second-order valence-electron chi connectivity index (χ2n) is 5.73. The lowest BCUT2D eigenvalue weighted by atomic mass is 9.83. The fraction of sp³-hybridized carbons (Fsp3) is 0.588. The minimum absolute atomic E-state index is 0.0709. The van der Waals surface area contributed by atoms with E-state index in [9.17, 15) is 13.6 Å². The first-order valence-corrected chi connectivity index (χ1v) is 7.76. The average molecular weight is 295 g/mol. The van der Waals surface area contributed by atoms with E-state index < -0.39 is 17.2 Å². The van der Waals surface area contributed by atoms with Crippen LogP contribution in [0.1, 0.15) is 45.1 Å². The molecular formula is C17H23F2NO. The predicted octanol–water partition coefficient (Wildman–Crippen LogP) is 3.73. The number of nitrogens with zero attached hydrogens (tertiary/aromatic N) is 1. The van der Waals surface area contributed by atoms with Crippen molar-refractivity contribution in [3.05, 3.63) is 35.4 Å². The van der Waals surface area contributed by atoms with Gasteiger partial charge in [0.05, 0.1) is 5.54 Å². The molecule has 0 unspecified atom stereocenters. The summed E-state index contributed by atoms with van der Waals surface area (Å²) in [6.07, 6.45) is 3.36. The molecule has 0 spiro atoms. The molecule has 1 fully saturated rings. The maximum Gasteiger partial charge on any atom is 0.157 e. The van der Waals surface area contributed by atoms with E-state index >= 15 is 0 Å². The summed E-state index contributed by atoms with van der Waals surface area (Å²) < 4.78 is 27.6. The third-order valence-electron chi connectivity index (χ3n) is 4.80. The second kappa shape index (κ2) is 6.65. The highest BCUT2D eigenvalue weighted by atomic mass is 19.1. The van der Waals surface area contributed by atoms with Gasteiger partial charge in [0.25, 0.3) is 0 Å². The highest BCUT2D eigenvalue weighted by molar-refractivity contribution is 5.90. The molecule has 1 aliphatic rings. The topological polar surface area (TPSA) is 20.3 Å². The number of hydrogen-bond acceptors (Lipinski definition) is 2. The van der Waals surface area contributed by atoms with Crippen molar-refractivity contribution in [3.8, 4) is 0 Å². The third kappa shape index (κ3) is 3.00. The monoisotopic (exact) mass is 295 g/mol. The van der Waals surface area contributed by atoms with E-state index in [1.807, 2.05) is 13.8 Å². The summed E-state index contributed by atoms with van der Waals surface area (Å²) in [5.41, 5.74) is -0.682. The standard InChI is InChI=1S/C17H23F2NO/c1-3-17(4-2,20-10-5-6-11-20)16(21)12-13-14(18)8-7-9-15(13)19/h7-9H,3-6,10-12H2,1-2H3. The van der Waals surface area contributed by atoms with Gasteiger partial charge in [0, 0.05) is 12.0 Å². The minimum Gasteiger partial charge on any atom is -0.297 e. The Kier molecular flexibility index (Phi) is 5.09. The van der Waals surface area contributed by atoms with Crippen LogP contribution in [0.15, 0.2) is 18.2 Å². The lowest BCUT2D eigenvalue weighted by Gasteiger charge is -2.39. The van der Waals surface area contributed by atoms with Crippen molar-refractivity contribution in [1.82, 2.24) is 4.90 Å². The Balaban J connectivity index is 2.27. The zero-order valence-electron chi connectivity index (χ0n) is 12.8. The smallest absolute Gasteiger partial charge is 0.157 e. The number of Topliss-reactive ketones (excluding diaryl/α,β-unsaturated/α-hetero) is 1. The molecule has 2 nitrogen and oxygen atoms in total. The van der Waals surface area contributed by atoms with E-state index in [1.54, 1.807) is 0 Å². The summed E-state index contributed by atoms with van der Waals surface area (Å²) >= 11 is 0. The van der Waals surface area contributed by atoms with Gasteiger partial charge in [-0.1, -0.05) is 19.9 Å². The van der Waals surface area contributed by atoms with Crippen molar-refractivity contribution < 1.29 is 13.6 Å². The molecule has 0 N–H and O–H groups in total. The molecule has 1 aliphatic heterocycles. The van der Waals surface area contributed by atoms with Crippen molar-refractivity contribution >= 4 is 5.78 Å². The van der Waals surface area contributed by atoms with Crippen LogP contribution in [0.4, 0.5) is 8.78 Å². The largest absolute Gasteiger partial charge is 0.297 e. The number of halogens is 2. The van der Waals surface area contributed by atoms with Crippen molar-refractivity contribution in [2.45, 2.75) is 51.5 Å². The number of carbonyl (C=O) groups excluding carboxylic acids is 1. The first-order valence-electron chi connectivity index (χ1n) is 7.76. The molecule has 0 amide bonds. The zero-order chi connectivity index (χ0) is 15.5. The molecule has 4 heteroatoms. The van der Waals surface area contributed by atoms with Crippen molar-refractivity contribution in [2.75, 3.05) is 13.1 Å². The number of carbonyl (C=O) groups is 1. The Morgan fingerprint density at radius 1 is 1.14 bits per heavy atom. The molecule has 21 heavy (non-hydrogen) atoms. The van der Waals surface area contributed by atoms with Crippen molar-refractivity contribution in [1.29, 1.82) is 0 Å². The molecule has 0 radical (unpaired) electrons. The number of benzene rings is 1. The fourth-order valence-electron chi connectivity index (χ4n) is 3.44. The van der Waals surface area contributed by atoms with E-state index in [2.05, 4.69) is 4.90 Å². The Morgan fingerprint density at radius 3 is 2.14 bits per heavy atom. The maximum absolute atomic E-state index is 13.8. The molecule has 116 valence electrons. The summed E-state index contributed by atoms with van der Waals surface area (Å²) in [6, 6.07) is 3.74. The number of hydrogen-bond donors (Lipinski definition) is 0. The van der Waals surface area contributed by atoms with Gasteiger partial charge in [-0.15, -0.1) is 0 Å². The lowest BCUT2D eigenvalue weighted by molar-refractivity contribution is -0.130. The van der Waals surface area contributed by atoms with Gasteiger partial charge in [0.1, 0.15) is 11.6 Å². The van der Waals surface area contributed by atoms with Crippen molar-refractivity contribution in [3.63, 3.8) is 0 Å². The van der Waals surface area contributed by atoms with E-state index in [4.69, 9.17) is 0 Å². The molecule has 0 bridgehead atoms. The number of likely N-dealkylation sites (tertiary alicyclic amines) is 1. The predicted molar refractivity (Wildman–Crippen MR) is 79.2 cm³/mol. The Bertz CT molecular complexity index is 485. The summed E-state index contributed by atoms with van der Waals surface area (Å²) in [7, 11) is 0. The molecule has 0 aliphatic carbocycles. The fourth-order valence-corrected chi connectivity index (χ4v) is 3.44. The number of rotatable bonds is 6. The van der Waals surface area contributed by atoms with Crippen LogP contribution in [0.25, 0.3) is 0 Å². The Labute approximate surface area is 125 Å². The first kappa shape index (κ1) is 16.1. The van der Waals surface area contributed by atoms with Crippen LogP contribution in [0.2, 0.25) is 0 Å². The summed E-state index contributed by atoms with van der Waals surface area (Å²) in [4.78, 5) is 15.0. The molecule has 1 aromatic carbocycles. The highest BCUT2D eigenvalue weighted by Crippen LogP contribution is 2.31. The Morgan fingerprint density at radius 2 is 1.67 bits per heavy atom. The van der Waals surface area contributed by atoms with Gasteiger partial charge in [0.15, 0.2) is 5.78 Å². The van der Waals surface area contributed by atoms with Gasteiger partial charge in [-0.3, -0.25) is 9.69 Å². The molecular weight excluding hydrogens is 272 g/mol. The zero-order valence-corrected chi connectivity index (χ0v) is 12.8. The molecule has 0 atom stereocenters. The summed E-state index contributed by atoms with van der Waals surface area (Å²) in [6.45, 7) is 5.76. The number of ketones is 1. The van der Waals surface area contributed by atoms with E-state index in [-0.39, 0.29) is 17.8 Å². The molecule has 2 rings (SSSR count). The molecule has 1 heterocycles. The van der Waals surface area contributed by atoms with Crippen LogP contribution in [-0.4, -0.2) is 29.3 Å². The van der Waals surface area contributed by atoms with Crippen LogP contribution in [0, 0.1) is 11.6 Å². The van der Waals surface area contributed by atoms with Gasteiger partial charge in [-0.05, 0) is 50.9 Å². The van der Waals surface area contributed by atoms with Crippen LogP contribution >= 0.6 is 0 Å². The summed E-state index contributed by atoms with van der Waals surface area (Å²) in [5, 5.41) is 0. The van der Waals surface area contributed by atoms with Gasteiger partial charge < -0.3 is 0 Å². The quantitative estimate of drug-likeness (QED) is 0.797. The highest BCUT2D eigenvalue weighted by Gasteiger charge is 2.41. The normalized spacial score (nSPS) is 16.4. The van der Waals surface area contributed by atoms with Gasteiger partial charge >= 0.3 is 0 Å². The molecule has 0 saturated carbocycles. The van der Waals surface area contributed by atoms with Gasteiger partial charge in [-0.2, -0.15) is 0 Å². The van der Waals surface area contributed by atoms with Crippen LogP contribution < -0.4 is 0 Å². The van der Waals surface area contributed by atoms with E-state index in [1.165, 1.54) is 18.2 Å². The van der Waals surface area contributed by atoms with E-state index in [0.29, 0.717) is 12.8 Å². The summed E-state index contributed by atoms with van der Waals surface area (Å²) in [5.74, 6) is -1.34. The minimum atomic E-state index is -0.633. The average Bonchev–Trinajstić information content (AvgIpc) is 3.00. The Hall–Kier alpha value is -1.29. The van der Waals surface area contributed by atoms with Crippen LogP contribution in [-0.2, 0) is 11.2 Å².